The Balaban J connectivity index is 2.29. The number of nitrogens with two attached hydrogens (primary N) is 1. The number of rotatable bonds is 7. The Morgan fingerprint density at radius 1 is 1.33 bits per heavy atom. The fraction of sp³-hybridized carbons (Fsp3) is 0.929. The lowest BCUT2D eigenvalue weighted by molar-refractivity contribution is -0.123. The number of carbonyl (C=O) groups is 1. The Kier molecular flexibility index (Phi) is 8.01. The molecular weight excluding hydrogens is 228 g/mol. The number of carbonyl (C=O) groups excluding carboxylic acids is 1. The molecule has 18 heavy (non-hydrogen) atoms. The van der Waals surface area contributed by atoms with Gasteiger partial charge < -0.3 is 15.8 Å². The molecule has 1 amide bonds. The molecular formula is C14H28N2O2. The average Bonchev–Trinajstić information content (AvgIpc) is 2.58. The van der Waals surface area contributed by atoms with Crippen LogP contribution in [-0.2, 0) is 9.53 Å². The van der Waals surface area contributed by atoms with E-state index in [4.69, 9.17) is 10.5 Å². The van der Waals surface area contributed by atoms with E-state index >= 15 is 0 Å². The fourth-order valence-electron chi connectivity index (χ4n) is 2.72. The average molecular weight is 256 g/mol. The number of hydrogen-bond donors (Lipinski definition) is 2. The number of ether oxygens (including phenoxy) is 1. The molecule has 0 aliphatic heterocycles. The summed E-state index contributed by atoms with van der Waals surface area (Å²) in [5.41, 5.74) is 5.53. The summed E-state index contributed by atoms with van der Waals surface area (Å²) in [6.45, 7) is 1.13. The summed E-state index contributed by atoms with van der Waals surface area (Å²) in [7, 11) is 1.65. The number of hydrogen-bond acceptors (Lipinski definition) is 3. The molecule has 0 aromatic heterocycles. The quantitative estimate of drug-likeness (QED) is 0.683. The molecule has 1 rings (SSSR count). The first-order valence-electron chi connectivity index (χ1n) is 7.24. The van der Waals surface area contributed by atoms with E-state index in [2.05, 4.69) is 5.32 Å². The van der Waals surface area contributed by atoms with Gasteiger partial charge in [-0.1, -0.05) is 25.7 Å². The third-order valence-electron chi connectivity index (χ3n) is 3.70. The number of methoxy groups -OCH3 is 1. The van der Waals surface area contributed by atoms with E-state index in [9.17, 15) is 4.79 Å². The molecule has 4 heteroatoms. The highest BCUT2D eigenvalue weighted by Gasteiger charge is 2.18. The number of nitrogens with one attached hydrogen (secondary N) is 1. The highest BCUT2D eigenvalue weighted by molar-refractivity contribution is 5.76. The molecule has 3 N–H and O–H groups in total. The van der Waals surface area contributed by atoms with Gasteiger partial charge in [0.25, 0.3) is 0 Å². The minimum Gasteiger partial charge on any atom is -0.383 e. The van der Waals surface area contributed by atoms with Crippen LogP contribution in [0.25, 0.3) is 0 Å². The van der Waals surface area contributed by atoms with Crippen molar-refractivity contribution in [3.63, 3.8) is 0 Å². The van der Waals surface area contributed by atoms with Gasteiger partial charge in [0.2, 0.25) is 5.91 Å². The van der Waals surface area contributed by atoms with Gasteiger partial charge in [0.05, 0.1) is 12.6 Å². The van der Waals surface area contributed by atoms with Gasteiger partial charge >= 0.3 is 0 Å². The van der Waals surface area contributed by atoms with Crippen LogP contribution in [0.5, 0.6) is 0 Å². The predicted octanol–water partition coefficient (Wildman–Crippen LogP) is 1.83. The molecule has 0 spiro atoms. The van der Waals surface area contributed by atoms with Crippen LogP contribution in [0.15, 0.2) is 0 Å². The maximum Gasteiger partial charge on any atom is 0.220 e. The van der Waals surface area contributed by atoms with Gasteiger partial charge in [-0.25, -0.2) is 0 Å². The largest absolute Gasteiger partial charge is 0.383 e. The van der Waals surface area contributed by atoms with Crippen molar-refractivity contribution >= 4 is 5.91 Å². The molecule has 4 nitrogen and oxygen atoms in total. The van der Waals surface area contributed by atoms with Crippen molar-refractivity contribution in [1.82, 2.24) is 5.32 Å². The molecule has 0 bridgehead atoms. The van der Waals surface area contributed by atoms with Crippen LogP contribution in [0, 0.1) is 5.92 Å². The van der Waals surface area contributed by atoms with Crippen LogP contribution >= 0.6 is 0 Å². The van der Waals surface area contributed by atoms with Crippen molar-refractivity contribution in [2.75, 3.05) is 20.3 Å². The van der Waals surface area contributed by atoms with Crippen LogP contribution in [0.4, 0.5) is 0 Å². The van der Waals surface area contributed by atoms with E-state index < -0.39 is 0 Å². The molecule has 0 heterocycles. The highest BCUT2D eigenvalue weighted by atomic mass is 16.5. The third-order valence-corrected chi connectivity index (χ3v) is 3.70. The van der Waals surface area contributed by atoms with E-state index in [1.54, 1.807) is 7.11 Å². The van der Waals surface area contributed by atoms with Crippen molar-refractivity contribution in [1.29, 1.82) is 0 Å². The second-order valence-corrected chi connectivity index (χ2v) is 5.36. The van der Waals surface area contributed by atoms with E-state index in [-0.39, 0.29) is 11.9 Å². The molecule has 106 valence electrons. The van der Waals surface area contributed by atoms with E-state index in [0.29, 0.717) is 25.5 Å². The van der Waals surface area contributed by atoms with Crippen molar-refractivity contribution in [3.05, 3.63) is 0 Å². The summed E-state index contributed by atoms with van der Waals surface area (Å²) in [6, 6.07) is 0.0679. The van der Waals surface area contributed by atoms with Gasteiger partial charge in [-0.3, -0.25) is 4.79 Å². The van der Waals surface area contributed by atoms with Crippen molar-refractivity contribution in [2.24, 2.45) is 11.7 Å². The topological polar surface area (TPSA) is 64.3 Å². The van der Waals surface area contributed by atoms with Crippen LogP contribution in [-0.4, -0.2) is 32.2 Å². The Morgan fingerprint density at radius 3 is 2.56 bits per heavy atom. The summed E-state index contributed by atoms with van der Waals surface area (Å²) in [5.74, 6) is 0.742. The standard InChI is InChI=1S/C14H28N2O2/c1-18-11-13(8-9-15)16-14(17)10-12-6-4-2-3-5-7-12/h12-13H,2-11,15H2,1H3,(H,16,17). The lowest BCUT2D eigenvalue weighted by Gasteiger charge is -2.19. The van der Waals surface area contributed by atoms with Crippen molar-refractivity contribution < 1.29 is 9.53 Å². The van der Waals surface area contributed by atoms with Gasteiger partial charge in [-0.15, -0.1) is 0 Å². The molecule has 1 aliphatic carbocycles. The molecule has 1 unspecified atom stereocenters. The van der Waals surface area contributed by atoms with E-state index in [0.717, 1.165) is 6.42 Å². The van der Waals surface area contributed by atoms with Gasteiger partial charge in [0.15, 0.2) is 0 Å². The number of amides is 1. The zero-order chi connectivity index (χ0) is 13.2. The zero-order valence-corrected chi connectivity index (χ0v) is 11.6. The molecule has 0 aromatic rings. The smallest absolute Gasteiger partial charge is 0.220 e. The Bertz CT molecular complexity index is 214. The summed E-state index contributed by atoms with van der Waals surface area (Å²) in [6.07, 6.45) is 9.09. The minimum atomic E-state index is 0.0679. The van der Waals surface area contributed by atoms with Crippen LogP contribution < -0.4 is 11.1 Å². The molecule has 1 aliphatic rings. The monoisotopic (exact) mass is 256 g/mol. The van der Waals surface area contributed by atoms with Gasteiger partial charge in [-0.05, 0) is 31.7 Å². The van der Waals surface area contributed by atoms with E-state index in [1.807, 2.05) is 0 Å². The van der Waals surface area contributed by atoms with Crippen LogP contribution in [0.1, 0.15) is 51.4 Å². The Morgan fingerprint density at radius 2 is 2.00 bits per heavy atom. The van der Waals surface area contributed by atoms with Crippen molar-refractivity contribution in [2.45, 2.75) is 57.4 Å². The summed E-state index contributed by atoms with van der Waals surface area (Å²) >= 11 is 0. The maximum atomic E-state index is 12.0. The Labute approximate surface area is 111 Å². The SMILES string of the molecule is COCC(CCN)NC(=O)CC1CCCCCC1. The van der Waals surface area contributed by atoms with Gasteiger partial charge in [0, 0.05) is 13.5 Å². The lowest BCUT2D eigenvalue weighted by Crippen LogP contribution is -2.40. The minimum absolute atomic E-state index is 0.0679. The molecule has 1 atom stereocenters. The van der Waals surface area contributed by atoms with Crippen molar-refractivity contribution in [3.8, 4) is 0 Å². The van der Waals surface area contributed by atoms with E-state index in [1.165, 1.54) is 38.5 Å². The Hall–Kier alpha value is -0.610. The molecule has 0 saturated heterocycles. The van der Waals surface area contributed by atoms with Gasteiger partial charge in [-0.2, -0.15) is 0 Å². The zero-order valence-electron chi connectivity index (χ0n) is 11.6. The first-order chi connectivity index (χ1) is 8.76. The second-order valence-electron chi connectivity index (χ2n) is 5.36. The summed E-state index contributed by atoms with van der Waals surface area (Å²) < 4.78 is 5.10. The first kappa shape index (κ1) is 15.4. The van der Waals surface area contributed by atoms with Gasteiger partial charge in [0.1, 0.15) is 0 Å². The molecule has 1 fully saturated rings. The molecule has 1 saturated carbocycles. The first-order valence-corrected chi connectivity index (χ1v) is 7.24. The lowest BCUT2D eigenvalue weighted by atomic mass is 9.96. The highest BCUT2D eigenvalue weighted by Crippen LogP contribution is 2.25. The predicted molar refractivity (Wildman–Crippen MR) is 73.3 cm³/mol. The summed E-state index contributed by atoms with van der Waals surface area (Å²) in [4.78, 5) is 12.0. The fourth-order valence-corrected chi connectivity index (χ4v) is 2.72. The third kappa shape index (κ3) is 6.36. The molecule has 0 aromatic carbocycles. The normalized spacial score (nSPS) is 19.2. The van der Waals surface area contributed by atoms with Crippen LogP contribution in [0.3, 0.4) is 0 Å². The second kappa shape index (κ2) is 9.34. The molecule has 0 radical (unpaired) electrons. The maximum absolute atomic E-state index is 12.0. The summed E-state index contributed by atoms with van der Waals surface area (Å²) in [5, 5.41) is 3.04. The van der Waals surface area contributed by atoms with Crippen LogP contribution in [0.2, 0.25) is 0 Å².